The van der Waals surface area contributed by atoms with Crippen molar-refractivity contribution in [1.29, 1.82) is 5.26 Å². The van der Waals surface area contributed by atoms with Gasteiger partial charge in [-0.1, -0.05) is 25.0 Å². The second kappa shape index (κ2) is 7.16. The van der Waals surface area contributed by atoms with Crippen LogP contribution in [0, 0.1) is 11.3 Å². The molecule has 2 aromatic rings. The van der Waals surface area contributed by atoms with Crippen molar-refractivity contribution in [1.82, 2.24) is 14.5 Å². The van der Waals surface area contributed by atoms with Gasteiger partial charge >= 0.3 is 0 Å². The molecule has 7 heteroatoms. The standard InChI is InChI=1S/C17H20N4O2S/c18-12-14-5-3-6-15(11-14)13-24(22,23)20-16-7-1-2-8-17(16)21-10-4-9-19-21/h3-6,9-11,16-17,20H,1-2,7-8,13H2/t16-,17-/m0/s1. The Morgan fingerprint density at radius 2 is 2.12 bits per heavy atom. The summed E-state index contributed by atoms with van der Waals surface area (Å²) >= 11 is 0. The van der Waals surface area contributed by atoms with Crippen LogP contribution in [0.2, 0.25) is 0 Å². The summed E-state index contributed by atoms with van der Waals surface area (Å²) in [6.45, 7) is 0. The number of nitrogens with zero attached hydrogens (tertiary/aromatic N) is 3. The van der Waals surface area contributed by atoms with E-state index in [1.54, 1.807) is 30.5 Å². The van der Waals surface area contributed by atoms with Crippen molar-refractivity contribution in [2.24, 2.45) is 0 Å². The maximum atomic E-state index is 12.6. The molecule has 1 N–H and O–H groups in total. The lowest BCUT2D eigenvalue weighted by Gasteiger charge is -2.32. The molecule has 3 rings (SSSR count). The molecule has 1 aromatic carbocycles. The van der Waals surface area contributed by atoms with E-state index in [0.717, 1.165) is 25.7 Å². The molecule has 0 aliphatic heterocycles. The topological polar surface area (TPSA) is 87.8 Å². The molecule has 0 saturated heterocycles. The maximum absolute atomic E-state index is 12.6. The molecule has 1 aliphatic rings. The molecule has 0 radical (unpaired) electrons. The van der Waals surface area contributed by atoms with Crippen LogP contribution < -0.4 is 4.72 Å². The van der Waals surface area contributed by atoms with Gasteiger partial charge in [0.1, 0.15) is 0 Å². The number of rotatable bonds is 5. The molecule has 126 valence electrons. The van der Waals surface area contributed by atoms with Gasteiger partial charge in [0.2, 0.25) is 10.0 Å². The number of aromatic nitrogens is 2. The molecule has 1 aliphatic carbocycles. The minimum Gasteiger partial charge on any atom is -0.268 e. The highest BCUT2D eigenvalue weighted by molar-refractivity contribution is 7.88. The summed E-state index contributed by atoms with van der Waals surface area (Å²) < 4.78 is 29.8. The van der Waals surface area contributed by atoms with Crippen molar-refractivity contribution >= 4 is 10.0 Å². The quantitative estimate of drug-likeness (QED) is 0.902. The minimum atomic E-state index is -3.48. The molecule has 0 unspecified atom stereocenters. The third-order valence-electron chi connectivity index (χ3n) is 4.34. The van der Waals surface area contributed by atoms with E-state index in [1.807, 2.05) is 23.0 Å². The smallest absolute Gasteiger partial charge is 0.216 e. The van der Waals surface area contributed by atoms with E-state index in [4.69, 9.17) is 5.26 Å². The zero-order valence-corrected chi connectivity index (χ0v) is 14.1. The number of sulfonamides is 1. The zero-order valence-electron chi connectivity index (χ0n) is 13.3. The second-order valence-corrected chi connectivity index (χ2v) is 7.89. The fraction of sp³-hybridized carbons (Fsp3) is 0.412. The van der Waals surface area contributed by atoms with Crippen molar-refractivity contribution < 1.29 is 8.42 Å². The fourth-order valence-corrected chi connectivity index (χ4v) is 4.70. The largest absolute Gasteiger partial charge is 0.268 e. The Hall–Kier alpha value is -2.17. The van der Waals surface area contributed by atoms with Gasteiger partial charge in [0.15, 0.2) is 0 Å². The molecule has 1 heterocycles. The monoisotopic (exact) mass is 344 g/mol. The summed E-state index contributed by atoms with van der Waals surface area (Å²) in [5.41, 5.74) is 1.09. The molecule has 1 saturated carbocycles. The maximum Gasteiger partial charge on any atom is 0.216 e. The molecule has 6 nitrogen and oxygen atoms in total. The van der Waals surface area contributed by atoms with Crippen molar-refractivity contribution in [2.75, 3.05) is 0 Å². The van der Waals surface area contributed by atoms with Crippen LogP contribution in [-0.4, -0.2) is 24.2 Å². The lowest BCUT2D eigenvalue weighted by atomic mass is 9.91. The molecule has 1 fully saturated rings. The summed E-state index contributed by atoms with van der Waals surface area (Å²) in [5.74, 6) is -0.120. The van der Waals surface area contributed by atoms with Gasteiger partial charge in [-0.15, -0.1) is 0 Å². The normalized spacial score (nSPS) is 21.3. The van der Waals surface area contributed by atoms with Gasteiger partial charge in [-0.3, -0.25) is 4.68 Å². The first-order valence-corrected chi connectivity index (χ1v) is 9.71. The zero-order chi connectivity index (χ0) is 17.0. The third kappa shape index (κ3) is 4.02. The lowest BCUT2D eigenvalue weighted by Crippen LogP contribution is -2.43. The van der Waals surface area contributed by atoms with Gasteiger partial charge < -0.3 is 0 Å². The van der Waals surface area contributed by atoms with E-state index in [-0.39, 0.29) is 17.8 Å². The Morgan fingerprint density at radius 1 is 1.29 bits per heavy atom. The predicted molar refractivity (Wildman–Crippen MR) is 90.4 cm³/mol. The first kappa shape index (κ1) is 16.7. The van der Waals surface area contributed by atoms with E-state index in [0.29, 0.717) is 11.1 Å². The van der Waals surface area contributed by atoms with E-state index in [2.05, 4.69) is 9.82 Å². The van der Waals surface area contributed by atoms with Crippen molar-refractivity contribution in [3.63, 3.8) is 0 Å². The molecule has 2 atom stereocenters. The average Bonchev–Trinajstić information content (AvgIpc) is 3.09. The van der Waals surface area contributed by atoms with Gasteiger partial charge in [-0.05, 0) is 36.6 Å². The van der Waals surface area contributed by atoms with E-state index >= 15 is 0 Å². The summed E-state index contributed by atoms with van der Waals surface area (Å²) in [6.07, 6.45) is 7.41. The van der Waals surface area contributed by atoms with Crippen molar-refractivity contribution in [2.45, 2.75) is 43.5 Å². The molecular weight excluding hydrogens is 324 g/mol. The van der Waals surface area contributed by atoms with Crippen LogP contribution in [0.1, 0.15) is 42.9 Å². The van der Waals surface area contributed by atoms with E-state index in [9.17, 15) is 8.42 Å². The number of benzene rings is 1. The lowest BCUT2D eigenvalue weighted by molar-refractivity contribution is 0.270. The first-order valence-electron chi connectivity index (χ1n) is 8.05. The highest BCUT2D eigenvalue weighted by Gasteiger charge is 2.30. The number of nitrogens with one attached hydrogen (secondary N) is 1. The molecular formula is C17H20N4O2S. The van der Waals surface area contributed by atoms with Gasteiger partial charge in [-0.2, -0.15) is 10.4 Å². The Kier molecular flexibility index (Phi) is 4.97. The van der Waals surface area contributed by atoms with Crippen molar-refractivity contribution in [3.05, 3.63) is 53.9 Å². The predicted octanol–water partition coefficient (Wildman–Crippen LogP) is 2.36. The molecule has 0 bridgehead atoms. The summed E-state index contributed by atoms with van der Waals surface area (Å²) in [6, 6.07) is 10.5. The third-order valence-corrected chi connectivity index (χ3v) is 5.71. The van der Waals surface area contributed by atoms with Gasteiger partial charge in [0.05, 0.1) is 23.4 Å². The van der Waals surface area contributed by atoms with Gasteiger partial charge in [0, 0.05) is 18.4 Å². The molecule has 1 aromatic heterocycles. The van der Waals surface area contributed by atoms with Crippen LogP contribution in [0.4, 0.5) is 0 Å². The summed E-state index contributed by atoms with van der Waals surface area (Å²) in [5, 5.41) is 13.2. The Morgan fingerprint density at radius 3 is 2.88 bits per heavy atom. The van der Waals surface area contributed by atoms with Crippen LogP contribution in [0.15, 0.2) is 42.7 Å². The van der Waals surface area contributed by atoms with Crippen LogP contribution in [0.5, 0.6) is 0 Å². The molecule has 0 spiro atoms. The highest BCUT2D eigenvalue weighted by atomic mass is 32.2. The minimum absolute atomic E-state index is 0.0500. The fourth-order valence-electron chi connectivity index (χ4n) is 3.26. The van der Waals surface area contributed by atoms with Crippen molar-refractivity contribution in [3.8, 4) is 6.07 Å². The second-order valence-electron chi connectivity index (χ2n) is 6.13. The molecule has 0 amide bonds. The Labute approximate surface area is 142 Å². The Bertz CT molecular complexity index is 825. The van der Waals surface area contributed by atoms with Crippen LogP contribution in [-0.2, 0) is 15.8 Å². The Balaban J connectivity index is 1.74. The number of hydrogen-bond acceptors (Lipinski definition) is 4. The summed E-state index contributed by atoms with van der Waals surface area (Å²) in [4.78, 5) is 0. The van der Waals surface area contributed by atoms with Gasteiger partial charge in [-0.25, -0.2) is 13.1 Å². The first-order chi connectivity index (χ1) is 11.6. The van der Waals surface area contributed by atoms with E-state index < -0.39 is 10.0 Å². The average molecular weight is 344 g/mol. The SMILES string of the molecule is N#Cc1cccc(CS(=O)(=O)N[C@H]2CCCC[C@@H]2n2cccn2)c1. The van der Waals surface area contributed by atoms with Crippen LogP contribution >= 0.6 is 0 Å². The van der Waals surface area contributed by atoms with Crippen LogP contribution in [0.3, 0.4) is 0 Å². The van der Waals surface area contributed by atoms with E-state index in [1.165, 1.54) is 0 Å². The van der Waals surface area contributed by atoms with Crippen LogP contribution in [0.25, 0.3) is 0 Å². The molecule has 24 heavy (non-hydrogen) atoms. The number of nitriles is 1. The van der Waals surface area contributed by atoms with Gasteiger partial charge in [0.25, 0.3) is 0 Å². The number of hydrogen-bond donors (Lipinski definition) is 1. The summed E-state index contributed by atoms with van der Waals surface area (Å²) in [7, 11) is -3.48. The highest BCUT2D eigenvalue weighted by Crippen LogP contribution is 2.28.